The van der Waals surface area contributed by atoms with Gasteiger partial charge in [-0.05, 0) is 31.2 Å². The number of nitrogens with zero attached hydrogens (tertiary/aromatic N) is 2. The molecule has 0 N–H and O–H groups in total. The molecule has 1 aliphatic heterocycles. The van der Waals surface area contributed by atoms with Crippen LogP contribution in [0.15, 0.2) is 18.2 Å². The minimum atomic E-state index is -0.559. The standard InChI is InChI=1S/C14H17Cl2FN2O/c15-4-7-18-5-1-6-19(9-8-18)14(20)11-2-3-12(16)13(17)10-11/h2-3,10H,1,4-9H2. The fraction of sp³-hybridized carbons (Fsp3) is 0.500. The highest BCUT2D eigenvalue weighted by atomic mass is 35.5. The first-order valence-corrected chi connectivity index (χ1v) is 7.55. The normalized spacial score (nSPS) is 17.1. The van der Waals surface area contributed by atoms with E-state index in [-0.39, 0.29) is 10.9 Å². The summed E-state index contributed by atoms with van der Waals surface area (Å²) in [5.41, 5.74) is 0.345. The first-order chi connectivity index (χ1) is 9.61. The van der Waals surface area contributed by atoms with Gasteiger partial charge in [-0.15, -0.1) is 11.6 Å². The van der Waals surface area contributed by atoms with Gasteiger partial charge in [0.2, 0.25) is 0 Å². The monoisotopic (exact) mass is 318 g/mol. The number of benzene rings is 1. The highest BCUT2D eigenvalue weighted by Gasteiger charge is 2.20. The molecule has 0 radical (unpaired) electrons. The summed E-state index contributed by atoms with van der Waals surface area (Å²) in [5.74, 6) is -0.111. The molecule has 1 amide bonds. The van der Waals surface area contributed by atoms with Crippen molar-refractivity contribution in [3.05, 3.63) is 34.6 Å². The van der Waals surface area contributed by atoms with E-state index in [4.69, 9.17) is 23.2 Å². The zero-order valence-electron chi connectivity index (χ0n) is 11.1. The van der Waals surface area contributed by atoms with Crippen molar-refractivity contribution in [3.63, 3.8) is 0 Å². The Balaban J connectivity index is 2.03. The van der Waals surface area contributed by atoms with Gasteiger partial charge in [0, 0.05) is 37.6 Å². The number of carbonyl (C=O) groups is 1. The third-order valence-corrected chi connectivity index (χ3v) is 3.92. The van der Waals surface area contributed by atoms with Gasteiger partial charge in [0.25, 0.3) is 5.91 Å². The van der Waals surface area contributed by atoms with E-state index in [0.29, 0.717) is 24.5 Å². The Bertz CT molecular complexity index is 484. The van der Waals surface area contributed by atoms with Crippen molar-refractivity contribution in [2.24, 2.45) is 0 Å². The van der Waals surface area contributed by atoms with E-state index in [1.807, 2.05) is 0 Å². The molecule has 6 heteroatoms. The lowest BCUT2D eigenvalue weighted by Crippen LogP contribution is -2.35. The predicted octanol–water partition coefficient (Wildman–Crippen LogP) is 2.87. The van der Waals surface area contributed by atoms with E-state index in [1.165, 1.54) is 12.1 Å². The van der Waals surface area contributed by atoms with Gasteiger partial charge in [-0.2, -0.15) is 0 Å². The van der Waals surface area contributed by atoms with Gasteiger partial charge in [-0.3, -0.25) is 4.79 Å². The topological polar surface area (TPSA) is 23.6 Å². The van der Waals surface area contributed by atoms with E-state index < -0.39 is 5.82 Å². The third kappa shape index (κ3) is 3.84. The predicted molar refractivity (Wildman–Crippen MR) is 79.1 cm³/mol. The van der Waals surface area contributed by atoms with Gasteiger partial charge < -0.3 is 9.80 Å². The molecule has 0 aromatic heterocycles. The Morgan fingerprint density at radius 2 is 2.05 bits per heavy atom. The van der Waals surface area contributed by atoms with Gasteiger partial charge in [0.05, 0.1) is 5.02 Å². The third-order valence-electron chi connectivity index (χ3n) is 3.44. The van der Waals surface area contributed by atoms with Crippen molar-refractivity contribution in [1.29, 1.82) is 0 Å². The molecule has 0 bridgehead atoms. The molecule has 1 aromatic rings. The highest BCUT2D eigenvalue weighted by Crippen LogP contribution is 2.17. The van der Waals surface area contributed by atoms with Gasteiger partial charge in [-0.1, -0.05) is 11.6 Å². The van der Waals surface area contributed by atoms with E-state index in [9.17, 15) is 9.18 Å². The van der Waals surface area contributed by atoms with Crippen LogP contribution in [0, 0.1) is 5.82 Å². The molecule has 2 rings (SSSR count). The number of rotatable bonds is 3. The molecule has 1 fully saturated rings. The first kappa shape index (κ1) is 15.5. The van der Waals surface area contributed by atoms with Crippen molar-refractivity contribution in [3.8, 4) is 0 Å². The van der Waals surface area contributed by atoms with Crippen LogP contribution in [0.25, 0.3) is 0 Å². The van der Waals surface area contributed by atoms with E-state index in [1.54, 1.807) is 11.0 Å². The van der Waals surface area contributed by atoms with Crippen LogP contribution < -0.4 is 0 Å². The summed E-state index contributed by atoms with van der Waals surface area (Å²) < 4.78 is 13.4. The quantitative estimate of drug-likeness (QED) is 0.800. The molecule has 0 saturated carbocycles. The summed E-state index contributed by atoms with van der Waals surface area (Å²) in [6.45, 7) is 3.89. The molecule has 1 saturated heterocycles. The lowest BCUT2D eigenvalue weighted by molar-refractivity contribution is 0.0761. The number of alkyl halides is 1. The summed E-state index contributed by atoms with van der Waals surface area (Å²) in [7, 11) is 0. The molecule has 1 aliphatic rings. The van der Waals surface area contributed by atoms with Crippen LogP contribution in [0.1, 0.15) is 16.8 Å². The Labute approximate surface area is 128 Å². The van der Waals surface area contributed by atoms with Crippen LogP contribution in [0.5, 0.6) is 0 Å². The number of carbonyl (C=O) groups excluding carboxylic acids is 1. The average molecular weight is 319 g/mol. The SMILES string of the molecule is O=C(c1ccc(Cl)c(F)c1)N1CCCN(CCCl)CC1. The molecule has 0 atom stereocenters. The Morgan fingerprint density at radius 1 is 1.25 bits per heavy atom. The maximum atomic E-state index is 13.4. The summed E-state index contributed by atoms with van der Waals surface area (Å²) in [6.07, 6.45) is 0.901. The number of hydrogen-bond donors (Lipinski definition) is 0. The fourth-order valence-corrected chi connectivity index (χ4v) is 2.69. The molecule has 0 aliphatic carbocycles. The minimum Gasteiger partial charge on any atom is -0.337 e. The van der Waals surface area contributed by atoms with Gasteiger partial charge in [-0.25, -0.2) is 4.39 Å². The second-order valence-electron chi connectivity index (χ2n) is 4.81. The van der Waals surface area contributed by atoms with Crippen molar-refractivity contribution in [2.75, 3.05) is 38.6 Å². The van der Waals surface area contributed by atoms with Crippen LogP contribution in [0.3, 0.4) is 0 Å². The molecule has 1 aromatic carbocycles. The van der Waals surface area contributed by atoms with Gasteiger partial charge in [0.1, 0.15) is 5.82 Å². The summed E-state index contributed by atoms with van der Waals surface area (Å²) in [4.78, 5) is 16.4. The molecule has 0 unspecified atom stereocenters. The largest absolute Gasteiger partial charge is 0.337 e. The maximum absolute atomic E-state index is 13.4. The van der Waals surface area contributed by atoms with Gasteiger partial charge >= 0.3 is 0 Å². The smallest absolute Gasteiger partial charge is 0.254 e. The Hall–Kier alpha value is -0.840. The average Bonchev–Trinajstić information content (AvgIpc) is 2.67. The summed E-state index contributed by atoms with van der Waals surface area (Å²) in [5, 5.41) is 0.0331. The number of halogens is 3. The van der Waals surface area contributed by atoms with Crippen LogP contribution in [-0.4, -0.2) is 54.3 Å². The Kier molecular flexibility index (Phi) is 5.64. The zero-order valence-corrected chi connectivity index (χ0v) is 12.6. The maximum Gasteiger partial charge on any atom is 0.254 e. The van der Waals surface area contributed by atoms with Gasteiger partial charge in [0.15, 0.2) is 0 Å². The van der Waals surface area contributed by atoms with Crippen LogP contribution in [-0.2, 0) is 0 Å². The molecule has 0 spiro atoms. The van der Waals surface area contributed by atoms with E-state index in [0.717, 1.165) is 26.1 Å². The van der Waals surface area contributed by atoms with E-state index in [2.05, 4.69) is 4.90 Å². The van der Waals surface area contributed by atoms with Crippen molar-refractivity contribution >= 4 is 29.1 Å². The zero-order chi connectivity index (χ0) is 14.5. The molecular formula is C14H17Cl2FN2O. The molecule has 1 heterocycles. The lowest BCUT2D eigenvalue weighted by atomic mass is 10.2. The Morgan fingerprint density at radius 3 is 2.75 bits per heavy atom. The highest BCUT2D eigenvalue weighted by molar-refractivity contribution is 6.30. The second kappa shape index (κ2) is 7.25. The van der Waals surface area contributed by atoms with Crippen molar-refractivity contribution in [2.45, 2.75) is 6.42 Å². The van der Waals surface area contributed by atoms with Crippen LogP contribution in [0.2, 0.25) is 5.02 Å². The van der Waals surface area contributed by atoms with Crippen molar-refractivity contribution in [1.82, 2.24) is 9.80 Å². The number of hydrogen-bond acceptors (Lipinski definition) is 2. The minimum absolute atomic E-state index is 0.0331. The molecular weight excluding hydrogens is 302 g/mol. The summed E-state index contributed by atoms with van der Waals surface area (Å²) in [6, 6.07) is 4.18. The van der Waals surface area contributed by atoms with Crippen LogP contribution in [0.4, 0.5) is 4.39 Å². The van der Waals surface area contributed by atoms with Crippen molar-refractivity contribution < 1.29 is 9.18 Å². The first-order valence-electron chi connectivity index (χ1n) is 6.64. The molecule has 110 valence electrons. The lowest BCUT2D eigenvalue weighted by Gasteiger charge is -2.21. The molecule has 20 heavy (non-hydrogen) atoms. The van der Waals surface area contributed by atoms with E-state index >= 15 is 0 Å². The van der Waals surface area contributed by atoms with Crippen LogP contribution >= 0.6 is 23.2 Å². The molecule has 3 nitrogen and oxygen atoms in total. The summed E-state index contributed by atoms with van der Waals surface area (Å²) >= 11 is 11.4. The number of amides is 1. The second-order valence-corrected chi connectivity index (χ2v) is 5.59. The fourth-order valence-electron chi connectivity index (χ4n) is 2.33.